The highest BCUT2D eigenvalue weighted by Crippen LogP contribution is 2.22. The van der Waals surface area contributed by atoms with Crippen LogP contribution in [0.25, 0.3) is 0 Å². The van der Waals surface area contributed by atoms with E-state index in [2.05, 4.69) is 12.2 Å². The zero-order valence-electron chi connectivity index (χ0n) is 10.8. The van der Waals surface area contributed by atoms with Crippen LogP contribution in [-0.4, -0.2) is 26.8 Å². The molecule has 0 aliphatic carbocycles. The van der Waals surface area contributed by atoms with Gasteiger partial charge in [-0.1, -0.05) is 30.7 Å². The maximum absolute atomic E-state index is 12.1. The Hall–Kier alpha value is -0.580. The molecule has 5 heteroatoms. The van der Waals surface area contributed by atoms with Crippen molar-refractivity contribution in [2.45, 2.75) is 37.6 Å². The van der Waals surface area contributed by atoms with Crippen LogP contribution in [0.2, 0.25) is 5.02 Å². The van der Waals surface area contributed by atoms with Crippen LogP contribution in [0.3, 0.4) is 0 Å². The molecule has 0 spiro atoms. The van der Waals surface area contributed by atoms with Crippen LogP contribution in [0.15, 0.2) is 29.2 Å². The van der Waals surface area contributed by atoms with Gasteiger partial charge < -0.3 is 5.32 Å². The summed E-state index contributed by atoms with van der Waals surface area (Å²) in [5.41, 5.74) is 0. The predicted octanol–water partition coefficient (Wildman–Crippen LogP) is 2.89. The topological polar surface area (TPSA) is 46.2 Å². The lowest BCUT2D eigenvalue weighted by Gasteiger charge is -2.13. The molecule has 0 saturated carbocycles. The van der Waals surface area contributed by atoms with E-state index in [1.807, 2.05) is 6.92 Å². The molecule has 0 saturated heterocycles. The molecule has 0 amide bonds. The second-order valence-corrected chi connectivity index (χ2v) is 6.88. The number of benzene rings is 1. The van der Waals surface area contributed by atoms with Crippen molar-refractivity contribution in [2.75, 3.05) is 12.3 Å². The van der Waals surface area contributed by atoms with Crippen LogP contribution >= 0.6 is 11.6 Å². The first-order valence-corrected chi connectivity index (χ1v) is 8.21. The van der Waals surface area contributed by atoms with E-state index in [0.717, 1.165) is 13.0 Å². The molecule has 1 aromatic carbocycles. The van der Waals surface area contributed by atoms with Gasteiger partial charge in [0.25, 0.3) is 0 Å². The second kappa shape index (κ2) is 7.12. The highest BCUT2D eigenvalue weighted by Gasteiger charge is 2.18. The van der Waals surface area contributed by atoms with Gasteiger partial charge in [0.15, 0.2) is 9.84 Å². The average molecular weight is 290 g/mol. The Kier molecular flexibility index (Phi) is 6.12. The number of hydrogen-bond acceptors (Lipinski definition) is 3. The standard InChI is InChI=1S/C13H20ClNO2S/c1-3-9-15-11(2)8-10-18(16,17)13-7-5-4-6-12(13)14/h4-7,11,15H,3,8-10H2,1-2H3. The number of halogens is 1. The fourth-order valence-corrected chi connectivity index (χ4v) is 3.65. The lowest BCUT2D eigenvalue weighted by molar-refractivity contribution is 0.525. The van der Waals surface area contributed by atoms with Gasteiger partial charge in [0.2, 0.25) is 0 Å². The molecule has 0 bridgehead atoms. The molecule has 102 valence electrons. The molecular weight excluding hydrogens is 270 g/mol. The molecule has 18 heavy (non-hydrogen) atoms. The summed E-state index contributed by atoms with van der Waals surface area (Å²) in [5, 5.41) is 3.57. The fourth-order valence-electron chi connectivity index (χ4n) is 1.63. The zero-order chi connectivity index (χ0) is 13.6. The van der Waals surface area contributed by atoms with E-state index < -0.39 is 9.84 Å². The smallest absolute Gasteiger partial charge is 0.179 e. The number of hydrogen-bond donors (Lipinski definition) is 1. The summed E-state index contributed by atoms with van der Waals surface area (Å²) >= 11 is 5.91. The molecule has 0 aliphatic heterocycles. The van der Waals surface area contributed by atoms with E-state index in [-0.39, 0.29) is 16.7 Å². The number of nitrogens with one attached hydrogen (secondary N) is 1. The first kappa shape index (κ1) is 15.5. The van der Waals surface area contributed by atoms with Crippen molar-refractivity contribution < 1.29 is 8.42 Å². The SMILES string of the molecule is CCCNC(C)CCS(=O)(=O)c1ccccc1Cl. The summed E-state index contributed by atoms with van der Waals surface area (Å²) in [7, 11) is -3.28. The van der Waals surface area contributed by atoms with E-state index in [9.17, 15) is 8.42 Å². The summed E-state index contributed by atoms with van der Waals surface area (Å²) in [6.07, 6.45) is 1.63. The van der Waals surface area contributed by atoms with Crippen LogP contribution in [0, 0.1) is 0 Å². The largest absolute Gasteiger partial charge is 0.314 e. The predicted molar refractivity (Wildman–Crippen MR) is 75.9 cm³/mol. The normalized spacial score (nSPS) is 13.5. The van der Waals surface area contributed by atoms with Crippen LogP contribution in [-0.2, 0) is 9.84 Å². The molecule has 3 nitrogen and oxygen atoms in total. The Balaban J connectivity index is 2.63. The van der Waals surface area contributed by atoms with Gasteiger partial charge in [-0.15, -0.1) is 0 Å². The van der Waals surface area contributed by atoms with Crippen LogP contribution in [0.4, 0.5) is 0 Å². The summed E-state index contributed by atoms with van der Waals surface area (Å²) in [4.78, 5) is 0.231. The third-order valence-corrected chi connectivity index (χ3v) is 4.98. The Morgan fingerprint density at radius 2 is 2.00 bits per heavy atom. The molecule has 1 N–H and O–H groups in total. The number of sulfone groups is 1. The highest BCUT2D eigenvalue weighted by molar-refractivity contribution is 7.91. The maximum Gasteiger partial charge on any atom is 0.179 e. The van der Waals surface area contributed by atoms with Crippen molar-refractivity contribution in [3.63, 3.8) is 0 Å². The minimum absolute atomic E-state index is 0.120. The summed E-state index contributed by atoms with van der Waals surface area (Å²) in [5.74, 6) is 0.120. The second-order valence-electron chi connectivity index (χ2n) is 4.39. The Bertz CT molecular complexity index is 474. The first-order valence-electron chi connectivity index (χ1n) is 6.18. The highest BCUT2D eigenvalue weighted by atomic mass is 35.5. The number of rotatable bonds is 7. The third kappa shape index (κ3) is 4.59. The van der Waals surface area contributed by atoms with Crippen LogP contribution < -0.4 is 5.32 Å². The van der Waals surface area contributed by atoms with E-state index in [0.29, 0.717) is 11.4 Å². The van der Waals surface area contributed by atoms with E-state index >= 15 is 0 Å². The van der Waals surface area contributed by atoms with E-state index in [1.165, 1.54) is 0 Å². The molecule has 0 radical (unpaired) electrons. The van der Waals surface area contributed by atoms with Crippen LogP contribution in [0.1, 0.15) is 26.7 Å². The van der Waals surface area contributed by atoms with Crippen molar-refractivity contribution in [1.82, 2.24) is 5.32 Å². The van der Waals surface area contributed by atoms with Crippen LogP contribution in [0.5, 0.6) is 0 Å². The van der Waals surface area contributed by atoms with E-state index in [1.54, 1.807) is 24.3 Å². The van der Waals surface area contributed by atoms with Gasteiger partial charge in [0.05, 0.1) is 15.7 Å². The minimum Gasteiger partial charge on any atom is -0.314 e. The first-order chi connectivity index (χ1) is 8.47. The van der Waals surface area contributed by atoms with Gasteiger partial charge in [-0.25, -0.2) is 8.42 Å². The molecule has 1 rings (SSSR count). The molecule has 1 atom stereocenters. The van der Waals surface area contributed by atoms with Crippen molar-refractivity contribution in [1.29, 1.82) is 0 Å². The fraction of sp³-hybridized carbons (Fsp3) is 0.538. The molecule has 0 aromatic heterocycles. The molecule has 1 unspecified atom stereocenters. The third-order valence-electron chi connectivity index (χ3n) is 2.73. The van der Waals surface area contributed by atoms with Gasteiger partial charge in [-0.3, -0.25) is 0 Å². The molecule has 0 aliphatic rings. The maximum atomic E-state index is 12.1. The molecule has 0 fully saturated rings. The van der Waals surface area contributed by atoms with Gasteiger partial charge in [0.1, 0.15) is 0 Å². The van der Waals surface area contributed by atoms with Gasteiger partial charge in [0, 0.05) is 6.04 Å². The van der Waals surface area contributed by atoms with Crippen molar-refractivity contribution in [3.05, 3.63) is 29.3 Å². The minimum atomic E-state index is -3.28. The van der Waals surface area contributed by atoms with Gasteiger partial charge >= 0.3 is 0 Å². The van der Waals surface area contributed by atoms with Gasteiger partial charge in [-0.2, -0.15) is 0 Å². The Morgan fingerprint density at radius 1 is 1.33 bits per heavy atom. The molecule has 1 aromatic rings. The zero-order valence-corrected chi connectivity index (χ0v) is 12.4. The summed E-state index contributed by atoms with van der Waals surface area (Å²) in [6, 6.07) is 6.78. The quantitative estimate of drug-likeness (QED) is 0.839. The summed E-state index contributed by atoms with van der Waals surface area (Å²) in [6.45, 7) is 4.99. The lowest BCUT2D eigenvalue weighted by Crippen LogP contribution is -2.28. The Labute approximate surface area is 114 Å². The van der Waals surface area contributed by atoms with Crippen molar-refractivity contribution in [3.8, 4) is 0 Å². The van der Waals surface area contributed by atoms with E-state index in [4.69, 9.17) is 11.6 Å². The van der Waals surface area contributed by atoms with Gasteiger partial charge in [-0.05, 0) is 38.4 Å². The molecule has 0 heterocycles. The van der Waals surface area contributed by atoms with Crippen molar-refractivity contribution in [2.24, 2.45) is 0 Å². The Morgan fingerprint density at radius 3 is 2.61 bits per heavy atom. The molecular formula is C13H20ClNO2S. The lowest BCUT2D eigenvalue weighted by atomic mass is 10.2. The average Bonchev–Trinajstić information content (AvgIpc) is 2.34. The van der Waals surface area contributed by atoms with Crippen molar-refractivity contribution >= 4 is 21.4 Å². The summed E-state index contributed by atoms with van der Waals surface area (Å²) < 4.78 is 24.2. The monoisotopic (exact) mass is 289 g/mol.